The predicted octanol–water partition coefficient (Wildman–Crippen LogP) is 1.52. The summed E-state index contributed by atoms with van der Waals surface area (Å²) in [4.78, 5) is 36.8. The van der Waals surface area contributed by atoms with Crippen molar-refractivity contribution in [2.75, 3.05) is 14.2 Å². The van der Waals surface area contributed by atoms with Crippen LogP contribution in [0.25, 0.3) is 0 Å². The Balaban J connectivity index is 3.46. The van der Waals surface area contributed by atoms with Gasteiger partial charge in [0.15, 0.2) is 11.3 Å². The van der Waals surface area contributed by atoms with E-state index in [1.54, 1.807) is 12.1 Å². The summed E-state index contributed by atoms with van der Waals surface area (Å²) >= 11 is 0. The minimum absolute atomic E-state index is 0.213. The molecule has 0 aromatic rings. The van der Waals surface area contributed by atoms with Gasteiger partial charge >= 0.3 is 11.9 Å². The molecule has 124 valence electrons. The van der Waals surface area contributed by atoms with E-state index in [0.29, 0.717) is 12.8 Å². The molecule has 1 aliphatic carbocycles. The predicted molar refractivity (Wildman–Crippen MR) is 77.4 cm³/mol. The van der Waals surface area contributed by atoms with Crippen LogP contribution in [0.1, 0.15) is 38.5 Å². The lowest BCUT2D eigenvalue weighted by atomic mass is 9.63. The molecule has 1 aliphatic rings. The van der Waals surface area contributed by atoms with Crippen molar-refractivity contribution in [3.8, 4) is 12.1 Å². The second-order valence-electron chi connectivity index (χ2n) is 5.53. The molecule has 0 heterocycles. The highest BCUT2D eigenvalue weighted by Gasteiger charge is 2.59. The highest BCUT2D eigenvalue weighted by atomic mass is 16.5. The molecule has 0 spiro atoms. The zero-order valence-electron chi connectivity index (χ0n) is 13.3. The van der Waals surface area contributed by atoms with Gasteiger partial charge in [-0.15, -0.1) is 0 Å². The molecule has 7 heteroatoms. The molecule has 0 N–H and O–H groups in total. The van der Waals surface area contributed by atoms with Crippen molar-refractivity contribution in [1.82, 2.24) is 0 Å². The third-order valence-corrected chi connectivity index (χ3v) is 4.33. The van der Waals surface area contributed by atoms with Crippen molar-refractivity contribution >= 4 is 17.7 Å². The molecule has 0 unspecified atom stereocenters. The second kappa shape index (κ2) is 8.28. The van der Waals surface area contributed by atoms with Crippen LogP contribution in [0.3, 0.4) is 0 Å². The molecule has 0 aliphatic heterocycles. The summed E-state index contributed by atoms with van der Waals surface area (Å²) in [5, 5.41) is 19.1. The highest BCUT2D eigenvalue weighted by molar-refractivity contribution is 5.96. The maximum absolute atomic E-state index is 12.5. The molecule has 7 nitrogen and oxygen atoms in total. The first-order chi connectivity index (χ1) is 11.0. The molecule has 1 saturated carbocycles. The van der Waals surface area contributed by atoms with Crippen LogP contribution in [0.2, 0.25) is 0 Å². The summed E-state index contributed by atoms with van der Waals surface area (Å²) in [6, 6.07) is 3.43. The molecule has 0 bridgehead atoms. The lowest BCUT2D eigenvalue weighted by Gasteiger charge is -2.34. The van der Waals surface area contributed by atoms with Gasteiger partial charge in [-0.3, -0.25) is 14.4 Å². The molecule has 23 heavy (non-hydrogen) atoms. The van der Waals surface area contributed by atoms with Crippen molar-refractivity contribution in [3.63, 3.8) is 0 Å². The first-order valence-corrected chi connectivity index (χ1v) is 7.49. The Bertz CT molecular complexity index is 560. The minimum Gasteiger partial charge on any atom is -0.468 e. The number of ketones is 1. The molecular weight excluding hydrogens is 300 g/mol. The fourth-order valence-electron chi connectivity index (χ4n) is 3.09. The van der Waals surface area contributed by atoms with Gasteiger partial charge in [-0.1, -0.05) is 19.3 Å². The van der Waals surface area contributed by atoms with Crippen molar-refractivity contribution in [1.29, 1.82) is 10.5 Å². The first kappa shape index (κ1) is 18.6. The Labute approximate surface area is 135 Å². The van der Waals surface area contributed by atoms with E-state index in [1.807, 2.05) is 0 Å². The van der Waals surface area contributed by atoms with Gasteiger partial charge in [0.2, 0.25) is 0 Å². The molecule has 0 aromatic carbocycles. The number of carbonyl (C=O) groups is 3. The maximum Gasteiger partial charge on any atom is 0.328 e. The van der Waals surface area contributed by atoms with Crippen LogP contribution in [0.4, 0.5) is 0 Å². The van der Waals surface area contributed by atoms with Gasteiger partial charge in [-0.05, 0) is 12.8 Å². The van der Waals surface area contributed by atoms with E-state index >= 15 is 0 Å². The average Bonchev–Trinajstić information content (AvgIpc) is 2.55. The highest BCUT2D eigenvalue weighted by Crippen LogP contribution is 2.42. The number of Topliss-reactive ketones (excluding diaryl/α,β-unsaturated/α-hetero) is 1. The van der Waals surface area contributed by atoms with Gasteiger partial charge in [0.25, 0.3) is 0 Å². The molecule has 1 rings (SSSR count). The fourth-order valence-corrected chi connectivity index (χ4v) is 3.09. The van der Waals surface area contributed by atoms with Crippen molar-refractivity contribution in [2.24, 2.45) is 17.3 Å². The van der Waals surface area contributed by atoms with Crippen LogP contribution in [0.5, 0.6) is 0 Å². The fraction of sp³-hybridized carbons (Fsp3) is 0.688. The summed E-state index contributed by atoms with van der Waals surface area (Å²) in [6.45, 7) is 0. The van der Waals surface area contributed by atoms with Crippen molar-refractivity contribution < 1.29 is 23.9 Å². The number of ether oxygens (including phenoxy) is 2. The van der Waals surface area contributed by atoms with Crippen molar-refractivity contribution in [3.05, 3.63) is 0 Å². The second-order valence-corrected chi connectivity index (χ2v) is 5.53. The first-order valence-electron chi connectivity index (χ1n) is 7.49. The Hall–Kier alpha value is -2.41. The van der Waals surface area contributed by atoms with E-state index in [-0.39, 0.29) is 18.6 Å². The number of methoxy groups -OCH3 is 2. The van der Waals surface area contributed by atoms with Gasteiger partial charge < -0.3 is 9.47 Å². The van der Waals surface area contributed by atoms with Crippen LogP contribution in [0, 0.1) is 39.9 Å². The summed E-state index contributed by atoms with van der Waals surface area (Å²) in [6.07, 6.45) is 3.53. The maximum atomic E-state index is 12.5. The number of carbonyl (C=O) groups excluding carboxylic acids is 3. The number of nitrogens with zero attached hydrogens (tertiary/aromatic N) is 2. The van der Waals surface area contributed by atoms with Gasteiger partial charge in [-0.2, -0.15) is 10.5 Å². The molecular formula is C16H20N2O5. The molecule has 0 amide bonds. The van der Waals surface area contributed by atoms with E-state index in [4.69, 9.17) is 0 Å². The summed E-state index contributed by atoms with van der Waals surface area (Å²) < 4.78 is 9.24. The van der Waals surface area contributed by atoms with Crippen molar-refractivity contribution in [2.45, 2.75) is 38.5 Å². The lowest BCUT2D eigenvalue weighted by Crippen LogP contribution is -2.50. The Morgan fingerprint density at radius 1 is 1.17 bits per heavy atom. The van der Waals surface area contributed by atoms with Crippen LogP contribution >= 0.6 is 0 Å². The average molecular weight is 320 g/mol. The molecule has 0 saturated heterocycles. The third-order valence-electron chi connectivity index (χ3n) is 4.33. The third kappa shape index (κ3) is 3.50. The molecule has 3 atom stereocenters. The van der Waals surface area contributed by atoms with Gasteiger partial charge in [0.1, 0.15) is 5.78 Å². The number of esters is 2. The summed E-state index contributed by atoms with van der Waals surface area (Å²) in [7, 11) is 2.12. The number of nitriles is 2. The number of hydrogen-bond donors (Lipinski definition) is 0. The van der Waals surface area contributed by atoms with Crippen LogP contribution in [-0.4, -0.2) is 31.9 Å². The van der Waals surface area contributed by atoms with Gasteiger partial charge in [-0.25, -0.2) is 0 Å². The summed E-state index contributed by atoms with van der Waals surface area (Å²) in [5.41, 5.74) is -2.18. The van der Waals surface area contributed by atoms with E-state index in [2.05, 4.69) is 9.47 Å². The normalized spacial score (nSPS) is 22.3. The number of hydrogen-bond acceptors (Lipinski definition) is 7. The Morgan fingerprint density at radius 2 is 1.83 bits per heavy atom. The lowest BCUT2D eigenvalue weighted by molar-refractivity contribution is -0.165. The molecule has 0 radical (unpaired) electrons. The zero-order valence-corrected chi connectivity index (χ0v) is 13.3. The van der Waals surface area contributed by atoms with E-state index in [1.165, 1.54) is 0 Å². The monoisotopic (exact) mass is 320 g/mol. The smallest absolute Gasteiger partial charge is 0.328 e. The summed E-state index contributed by atoms with van der Waals surface area (Å²) in [5.74, 6) is -5.12. The zero-order chi connectivity index (χ0) is 17.5. The van der Waals surface area contributed by atoms with Crippen LogP contribution in [-0.2, 0) is 23.9 Å². The van der Waals surface area contributed by atoms with E-state index < -0.39 is 29.2 Å². The van der Waals surface area contributed by atoms with Gasteiger partial charge in [0.05, 0.1) is 26.4 Å². The number of rotatable bonds is 4. The SMILES string of the molecule is COC(=O)[C@H](C#N)[C@@](C#N)(C(=O)OC)[C@@H]1CCCCCCC1=O. The van der Waals surface area contributed by atoms with E-state index in [9.17, 15) is 24.9 Å². The topological polar surface area (TPSA) is 117 Å². The van der Waals surface area contributed by atoms with Gasteiger partial charge in [0, 0.05) is 12.3 Å². The van der Waals surface area contributed by atoms with Crippen LogP contribution in [0.15, 0.2) is 0 Å². The standard InChI is InChI=1S/C16H20N2O5/c1-22-14(20)12(9-17)16(10-18,15(21)23-2)11-7-5-3-4-6-8-13(11)19/h11-12H,3-8H2,1-2H3/t11-,12+,16+/m1/s1. The largest absolute Gasteiger partial charge is 0.468 e. The quantitative estimate of drug-likeness (QED) is 0.721. The van der Waals surface area contributed by atoms with E-state index in [0.717, 1.165) is 27.1 Å². The Kier molecular flexibility index (Phi) is 6.71. The Morgan fingerprint density at radius 3 is 2.35 bits per heavy atom. The molecule has 0 aromatic heterocycles. The van der Waals surface area contributed by atoms with Crippen LogP contribution < -0.4 is 0 Å². The minimum atomic E-state index is -2.18. The molecule has 1 fully saturated rings.